The van der Waals surface area contributed by atoms with E-state index >= 15 is 0 Å². The van der Waals surface area contributed by atoms with Gasteiger partial charge in [-0.3, -0.25) is 4.79 Å². The highest BCUT2D eigenvalue weighted by Gasteiger charge is 2.32. The van der Waals surface area contributed by atoms with Crippen molar-refractivity contribution in [2.24, 2.45) is 0 Å². The van der Waals surface area contributed by atoms with Crippen LogP contribution >= 0.6 is 0 Å². The summed E-state index contributed by atoms with van der Waals surface area (Å²) in [5, 5.41) is 4.61. The summed E-state index contributed by atoms with van der Waals surface area (Å²) in [7, 11) is 3.37. The minimum absolute atomic E-state index is 0.0709. The van der Waals surface area contributed by atoms with Crippen molar-refractivity contribution < 1.29 is 22.7 Å². The lowest BCUT2D eigenvalue weighted by molar-refractivity contribution is -0.274. The van der Waals surface area contributed by atoms with Crippen LogP contribution in [0.3, 0.4) is 0 Å². The third-order valence-electron chi connectivity index (χ3n) is 5.46. The van der Waals surface area contributed by atoms with Crippen LogP contribution in [-0.2, 0) is 6.42 Å². The molecule has 2 amide bonds. The molecule has 3 heterocycles. The lowest BCUT2D eigenvalue weighted by Crippen LogP contribution is -2.45. The molecule has 3 aromatic rings. The zero-order chi connectivity index (χ0) is 23.8. The van der Waals surface area contributed by atoms with Gasteiger partial charge in [-0.2, -0.15) is 5.10 Å². The van der Waals surface area contributed by atoms with Gasteiger partial charge in [-0.05, 0) is 18.9 Å². The number of halogens is 3. The first kappa shape index (κ1) is 22.6. The van der Waals surface area contributed by atoms with E-state index in [2.05, 4.69) is 19.8 Å². The van der Waals surface area contributed by atoms with E-state index in [1.165, 1.54) is 29.3 Å². The summed E-state index contributed by atoms with van der Waals surface area (Å²) in [5.41, 5.74) is 0.114. The number of likely N-dealkylation sites (tertiary alicyclic amines) is 1. The predicted molar refractivity (Wildman–Crippen MR) is 113 cm³/mol. The van der Waals surface area contributed by atoms with Crippen molar-refractivity contribution in [3.63, 3.8) is 0 Å². The number of carbonyl (C=O) groups excluding carboxylic acids is 1. The van der Waals surface area contributed by atoms with Crippen molar-refractivity contribution in [2.75, 3.05) is 27.2 Å². The van der Waals surface area contributed by atoms with Crippen molar-refractivity contribution in [2.45, 2.75) is 31.7 Å². The number of para-hydroxylation sites is 1. The molecule has 0 spiro atoms. The van der Waals surface area contributed by atoms with Crippen LogP contribution in [0.15, 0.2) is 35.3 Å². The number of piperidine rings is 1. The molecular formula is C21H23F3N6O3. The van der Waals surface area contributed by atoms with Gasteiger partial charge in [-0.25, -0.2) is 14.5 Å². The highest BCUT2D eigenvalue weighted by atomic mass is 19.4. The molecule has 0 bridgehead atoms. The van der Waals surface area contributed by atoms with Crippen LogP contribution in [0.2, 0.25) is 0 Å². The van der Waals surface area contributed by atoms with E-state index in [1.807, 2.05) is 0 Å². The smallest absolute Gasteiger partial charge is 0.405 e. The number of nitrogens with zero attached hydrogens (tertiary/aromatic N) is 5. The van der Waals surface area contributed by atoms with Gasteiger partial charge in [0.25, 0.3) is 5.56 Å². The van der Waals surface area contributed by atoms with Crippen LogP contribution in [0, 0.1) is 0 Å². The zero-order valence-corrected chi connectivity index (χ0v) is 18.1. The van der Waals surface area contributed by atoms with Gasteiger partial charge < -0.3 is 19.5 Å². The Hall–Kier alpha value is -3.57. The molecule has 0 saturated carbocycles. The van der Waals surface area contributed by atoms with Gasteiger partial charge in [0, 0.05) is 39.2 Å². The molecule has 9 nitrogen and oxygen atoms in total. The topological polar surface area (TPSA) is 96.4 Å². The summed E-state index contributed by atoms with van der Waals surface area (Å²) in [5.74, 6) is -0.170. The van der Waals surface area contributed by atoms with E-state index in [0.29, 0.717) is 18.7 Å². The summed E-state index contributed by atoms with van der Waals surface area (Å²) in [6, 6.07) is 5.42. The number of hydrogen-bond acceptors (Lipinski definition) is 5. The van der Waals surface area contributed by atoms with Crippen molar-refractivity contribution in [3.8, 4) is 5.75 Å². The van der Waals surface area contributed by atoms with Crippen LogP contribution in [0.5, 0.6) is 5.75 Å². The Balaban J connectivity index is 1.65. The van der Waals surface area contributed by atoms with Crippen molar-refractivity contribution in [3.05, 3.63) is 52.2 Å². The molecule has 2 aromatic heterocycles. The molecule has 1 aromatic carbocycles. The molecule has 1 atom stereocenters. The van der Waals surface area contributed by atoms with Crippen molar-refractivity contribution in [1.82, 2.24) is 29.5 Å². The SMILES string of the molecule is CN(C)C(=O)N1CCCC(n2ncc3c(=O)[nH]c(Cc4ccccc4OC(F)(F)F)nc32)C1. The number of aromatic nitrogens is 4. The molecule has 0 radical (unpaired) electrons. The van der Waals surface area contributed by atoms with Gasteiger partial charge in [-0.1, -0.05) is 18.2 Å². The Morgan fingerprint density at radius 1 is 1.30 bits per heavy atom. The first-order valence-electron chi connectivity index (χ1n) is 10.4. The molecule has 1 aliphatic heterocycles. The number of H-pyrrole nitrogens is 1. The number of ether oxygens (including phenoxy) is 1. The summed E-state index contributed by atoms with van der Waals surface area (Å²) < 4.78 is 44.0. The van der Waals surface area contributed by atoms with Crippen LogP contribution < -0.4 is 10.3 Å². The number of fused-ring (bicyclic) bond motifs is 1. The van der Waals surface area contributed by atoms with Crippen LogP contribution in [0.1, 0.15) is 30.3 Å². The van der Waals surface area contributed by atoms with E-state index in [1.54, 1.807) is 29.7 Å². The molecule has 12 heteroatoms. The van der Waals surface area contributed by atoms with Gasteiger partial charge in [0.1, 0.15) is 17.0 Å². The largest absolute Gasteiger partial charge is 0.573 e. The number of hydrogen-bond donors (Lipinski definition) is 1. The number of carbonyl (C=O) groups is 1. The fourth-order valence-electron chi connectivity index (χ4n) is 4.00. The molecule has 0 aliphatic carbocycles. The molecule has 1 N–H and O–H groups in total. The second-order valence-electron chi connectivity index (χ2n) is 8.09. The molecule has 33 heavy (non-hydrogen) atoms. The second kappa shape index (κ2) is 8.75. The quantitative estimate of drug-likeness (QED) is 0.641. The van der Waals surface area contributed by atoms with E-state index in [0.717, 1.165) is 12.8 Å². The number of rotatable bonds is 4. The van der Waals surface area contributed by atoms with E-state index < -0.39 is 11.9 Å². The van der Waals surface area contributed by atoms with E-state index in [-0.39, 0.29) is 41.0 Å². The second-order valence-corrected chi connectivity index (χ2v) is 8.09. The van der Waals surface area contributed by atoms with Gasteiger partial charge in [0.05, 0.1) is 12.2 Å². The molecular weight excluding hydrogens is 441 g/mol. The highest BCUT2D eigenvalue weighted by Crippen LogP contribution is 2.28. The first-order valence-corrected chi connectivity index (χ1v) is 10.4. The molecule has 1 unspecified atom stereocenters. The number of amides is 2. The van der Waals surface area contributed by atoms with Gasteiger partial charge >= 0.3 is 12.4 Å². The molecule has 1 aliphatic rings. The Morgan fingerprint density at radius 2 is 2.06 bits per heavy atom. The third kappa shape index (κ3) is 4.94. The molecule has 4 rings (SSSR count). The average molecular weight is 464 g/mol. The summed E-state index contributed by atoms with van der Waals surface area (Å²) in [6.45, 7) is 1.04. The van der Waals surface area contributed by atoms with Gasteiger partial charge in [0.15, 0.2) is 5.65 Å². The van der Waals surface area contributed by atoms with Crippen molar-refractivity contribution >= 4 is 17.1 Å². The fourth-order valence-corrected chi connectivity index (χ4v) is 4.00. The third-order valence-corrected chi connectivity index (χ3v) is 5.46. The molecule has 176 valence electrons. The van der Waals surface area contributed by atoms with E-state index in [4.69, 9.17) is 0 Å². The van der Waals surface area contributed by atoms with Crippen LogP contribution in [0.25, 0.3) is 11.0 Å². The normalized spacial score (nSPS) is 16.8. The summed E-state index contributed by atoms with van der Waals surface area (Å²) in [4.78, 5) is 35.4. The number of alkyl halides is 3. The minimum Gasteiger partial charge on any atom is -0.405 e. The maximum Gasteiger partial charge on any atom is 0.573 e. The lowest BCUT2D eigenvalue weighted by Gasteiger charge is -2.34. The monoisotopic (exact) mass is 464 g/mol. The van der Waals surface area contributed by atoms with Crippen LogP contribution in [0.4, 0.5) is 18.0 Å². The zero-order valence-electron chi connectivity index (χ0n) is 18.1. The lowest BCUT2D eigenvalue weighted by atomic mass is 10.1. The van der Waals surface area contributed by atoms with Gasteiger partial charge in [-0.15, -0.1) is 13.2 Å². The number of urea groups is 1. The number of benzene rings is 1. The molecule has 1 saturated heterocycles. The Morgan fingerprint density at radius 3 is 2.79 bits per heavy atom. The standard InChI is InChI=1S/C21H23F3N6O3/c1-28(2)20(32)29-9-5-7-14(12-29)30-18-15(11-25-30)19(31)27-17(26-18)10-13-6-3-4-8-16(13)33-21(22,23)24/h3-4,6,8,11,14H,5,7,9-10,12H2,1-2H3,(H,26,27,31). The number of nitrogens with one attached hydrogen (secondary N) is 1. The fraction of sp³-hybridized carbons (Fsp3) is 0.429. The van der Waals surface area contributed by atoms with Crippen LogP contribution in [-0.4, -0.2) is 69.1 Å². The van der Waals surface area contributed by atoms with Crippen molar-refractivity contribution in [1.29, 1.82) is 0 Å². The minimum atomic E-state index is -4.84. The van der Waals surface area contributed by atoms with E-state index in [9.17, 15) is 22.8 Å². The highest BCUT2D eigenvalue weighted by molar-refractivity contribution is 5.75. The maximum absolute atomic E-state index is 12.7. The number of aromatic amines is 1. The first-order chi connectivity index (χ1) is 15.6. The Bertz CT molecular complexity index is 1220. The predicted octanol–water partition coefficient (Wildman–Crippen LogP) is 2.93. The summed E-state index contributed by atoms with van der Waals surface area (Å²) in [6.07, 6.45) is -1.98. The Labute approximate surface area is 186 Å². The van der Waals surface area contributed by atoms with Gasteiger partial charge in [0.2, 0.25) is 0 Å². The average Bonchev–Trinajstić information content (AvgIpc) is 3.18. The molecule has 1 fully saturated rings. The summed E-state index contributed by atoms with van der Waals surface area (Å²) >= 11 is 0. The Kier molecular flexibility index (Phi) is 6.00. The maximum atomic E-state index is 12.7.